The molecule has 4 aliphatic rings. The van der Waals surface area contributed by atoms with E-state index in [4.69, 9.17) is 34.8 Å². The number of halogens is 7. The Morgan fingerprint density at radius 3 is 2.39 bits per heavy atom. The standard InChI is InChI=1S/C29H21BrCl3F3N2O6/c1-12-2-3-13(8-19(12)31)38-23(40)16-6-5-15-18(21(16)24(38)41)10-27(32)25(42)37(11-30)26(43)28(27,33)22(15)17-9-14(4-7-20(17)39)44-29(34,35)36/h2-5,7-9,16,18,21-22,39H,6,10-11H2,1H3/t16-,18+,21-,22+,27+,28-/m0/s1. The first-order chi connectivity index (χ1) is 20.5. The first-order valence-electron chi connectivity index (χ1n) is 13.3. The van der Waals surface area contributed by atoms with Gasteiger partial charge in [-0.1, -0.05) is 45.2 Å². The van der Waals surface area contributed by atoms with Gasteiger partial charge in [-0.2, -0.15) is 0 Å². The summed E-state index contributed by atoms with van der Waals surface area (Å²) in [7, 11) is 0. The van der Waals surface area contributed by atoms with E-state index in [1.807, 2.05) is 0 Å². The maximum absolute atomic E-state index is 14.1. The van der Waals surface area contributed by atoms with Crippen LogP contribution in [0.3, 0.4) is 0 Å². The molecule has 0 aromatic heterocycles. The minimum absolute atomic E-state index is 0.0136. The molecule has 0 bridgehead atoms. The summed E-state index contributed by atoms with van der Waals surface area (Å²) in [5.41, 5.74) is 0.708. The van der Waals surface area contributed by atoms with Crippen LogP contribution in [0.15, 0.2) is 48.0 Å². The van der Waals surface area contributed by atoms with E-state index in [1.54, 1.807) is 25.1 Å². The fourth-order valence-electron chi connectivity index (χ4n) is 7.03. The Kier molecular flexibility index (Phi) is 7.35. The topological polar surface area (TPSA) is 104 Å². The number of amides is 4. The number of aryl methyl sites for hydroxylation is 1. The number of ether oxygens (including phenoxy) is 1. The molecular formula is C29H21BrCl3F3N2O6. The second-order valence-corrected chi connectivity index (χ2v) is 13.4. The van der Waals surface area contributed by atoms with Gasteiger partial charge in [0.2, 0.25) is 11.8 Å². The highest BCUT2D eigenvalue weighted by Gasteiger charge is 2.76. The number of hydrogen-bond acceptors (Lipinski definition) is 6. The van der Waals surface area contributed by atoms with Crippen molar-refractivity contribution in [2.24, 2.45) is 17.8 Å². The second-order valence-electron chi connectivity index (χ2n) is 11.2. The predicted molar refractivity (Wildman–Crippen MR) is 157 cm³/mol. The van der Waals surface area contributed by atoms with Crippen LogP contribution in [0.1, 0.15) is 29.9 Å². The quantitative estimate of drug-likeness (QED) is 0.175. The summed E-state index contributed by atoms with van der Waals surface area (Å²) in [5, 5.41) is 11.3. The summed E-state index contributed by atoms with van der Waals surface area (Å²) in [6.45, 7) is 1.76. The molecule has 232 valence electrons. The summed E-state index contributed by atoms with van der Waals surface area (Å²) >= 11 is 23.6. The van der Waals surface area contributed by atoms with Crippen LogP contribution >= 0.6 is 50.7 Å². The summed E-state index contributed by atoms with van der Waals surface area (Å²) < 4.78 is 43.6. The summed E-state index contributed by atoms with van der Waals surface area (Å²) in [6.07, 6.45) is -3.81. The number of benzene rings is 2. The number of aromatic hydroxyl groups is 1. The molecule has 4 amide bonds. The number of anilines is 1. The Bertz CT molecular complexity index is 1690. The van der Waals surface area contributed by atoms with Crippen LogP contribution in [0, 0.1) is 24.7 Å². The van der Waals surface area contributed by atoms with Gasteiger partial charge < -0.3 is 9.84 Å². The number of carbonyl (C=O) groups is 4. The smallest absolute Gasteiger partial charge is 0.508 e. The van der Waals surface area contributed by atoms with Crippen molar-refractivity contribution in [3.63, 3.8) is 0 Å². The van der Waals surface area contributed by atoms with Gasteiger partial charge in [0.25, 0.3) is 11.8 Å². The van der Waals surface area contributed by atoms with Crippen molar-refractivity contribution in [2.45, 2.75) is 41.8 Å². The number of allylic oxidation sites excluding steroid dienone is 2. The maximum atomic E-state index is 14.1. The van der Waals surface area contributed by atoms with Crippen molar-refractivity contribution in [2.75, 3.05) is 10.4 Å². The molecule has 2 aromatic carbocycles. The van der Waals surface area contributed by atoms with Crippen molar-refractivity contribution in [3.05, 3.63) is 64.2 Å². The average molecular weight is 737 g/mol. The number of alkyl halides is 6. The van der Waals surface area contributed by atoms with E-state index in [1.165, 1.54) is 6.07 Å². The van der Waals surface area contributed by atoms with Gasteiger partial charge in [-0.15, -0.1) is 36.4 Å². The molecule has 0 radical (unpaired) electrons. The van der Waals surface area contributed by atoms with Crippen molar-refractivity contribution in [3.8, 4) is 11.5 Å². The van der Waals surface area contributed by atoms with Gasteiger partial charge in [0.1, 0.15) is 11.5 Å². The van der Waals surface area contributed by atoms with E-state index in [-0.39, 0.29) is 29.5 Å². The van der Waals surface area contributed by atoms with Gasteiger partial charge in [-0.05, 0) is 61.6 Å². The molecule has 15 heteroatoms. The van der Waals surface area contributed by atoms with Gasteiger partial charge in [0.05, 0.1) is 23.0 Å². The Labute approximate surface area is 271 Å². The SMILES string of the molecule is Cc1ccc(N2C(=O)[C@H]3[C@H](CC=C4[C@H]3C[C@@]3(Cl)C(=O)N(CBr)C(=O)[C@@]3(Cl)[C@H]4c3cc(OC(F)(F)F)ccc3O)C2=O)cc1Cl. The molecule has 2 heterocycles. The fraction of sp³-hybridized carbons (Fsp3) is 0.379. The molecule has 1 saturated carbocycles. The van der Waals surface area contributed by atoms with E-state index in [0.717, 1.165) is 33.6 Å². The third-order valence-corrected chi connectivity index (χ3v) is 11.3. The monoisotopic (exact) mass is 734 g/mol. The number of phenolic OH excluding ortho intramolecular Hbond substituents is 1. The number of imide groups is 2. The number of fused-ring (bicyclic) bond motifs is 4. The molecule has 44 heavy (non-hydrogen) atoms. The van der Waals surface area contributed by atoms with E-state index >= 15 is 0 Å². The predicted octanol–water partition coefficient (Wildman–Crippen LogP) is 6.17. The first-order valence-corrected chi connectivity index (χ1v) is 15.5. The molecule has 2 aromatic rings. The third kappa shape index (κ3) is 4.31. The van der Waals surface area contributed by atoms with Crippen molar-refractivity contribution >= 4 is 80.0 Å². The van der Waals surface area contributed by atoms with Crippen LogP contribution < -0.4 is 9.64 Å². The number of hydrogen-bond donors (Lipinski definition) is 1. The van der Waals surface area contributed by atoms with Crippen LogP contribution in [0.4, 0.5) is 18.9 Å². The Balaban J connectivity index is 1.53. The number of nitrogens with zero attached hydrogens (tertiary/aromatic N) is 2. The van der Waals surface area contributed by atoms with Crippen molar-refractivity contribution in [1.82, 2.24) is 4.90 Å². The highest BCUT2D eigenvalue weighted by molar-refractivity contribution is 9.09. The zero-order valence-corrected chi connectivity index (χ0v) is 26.4. The van der Waals surface area contributed by atoms with Crippen LogP contribution in [0.5, 0.6) is 11.5 Å². The van der Waals surface area contributed by atoms with Crippen molar-refractivity contribution < 1.29 is 42.2 Å². The lowest BCUT2D eigenvalue weighted by atomic mass is 9.56. The minimum atomic E-state index is -5.08. The van der Waals surface area contributed by atoms with Crippen LogP contribution in [0.2, 0.25) is 5.02 Å². The number of phenols is 1. The molecule has 1 N–H and O–H groups in total. The lowest BCUT2D eigenvalue weighted by Gasteiger charge is -2.50. The second kappa shape index (κ2) is 10.4. The number of likely N-dealkylation sites (tertiary alicyclic amines) is 1. The van der Waals surface area contributed by atoms with Crippen molar-refractivity contribution in [1.29, 1.82) is 0 Å². The van der Waals surface area contributed by atoms with Gasteiger partial charge >= 0.3 is 6.36 Å². The third-order valence-electron chi connectivity index (χ3n) is 8.97. The largest absolute Gasteiger partial charge is 0.573 e. The summed E-state index contributed by atoms with van der Waals surface area (Å²) in [5.74, 6) is -8.54. The number of rotatable bonds is 4. The Hall–Kier alpha value is -2.80. The molecule has 2 aliphatic carbocycles. The van der Waals surface area contributed by atoms with Gasteiger partial charge in [0.15, 0.2) is 9.75 Å². The van der Waals surface area contributed by atoms with Gasteiger partial charge in [-0.3, -0.25) is 24.1 Å². The Morgan fingerprint density at radius 1 is 1.05 bits per heavy atom. The first kappa shape index (κ1) is 31.2. The fourth-order valence-corrected chi connectivity index (χ4v) is 8.63. The van der Waals surface area contributed by atoms with E-state index in [9.17, 15) is 37.5 Å². The van der Waals surface area contributed by atoms with Gasteiger partial charge in [0, 0.05) is 16.5 Å². The molecule has 0 unspecified atom stereocenters. The van der Waals surface area contributed by atoms with Gasteiger partial charge in [-0.25, -0.2) is 4.90 Å². The minimum Gasteiger partial charge on any atom is -0.508 e. The lowest BCUT2D eigenvalue weighted by molar-refractivity contribution is -0.274. The zero-order valence-electron chi connectivity index (χ0n) is 22.5. The van der Waals surface area contributed by atoms with E-state index < -0.39 is 74.9 Å². The van der Waals surface area contributed by atoms with Crippen LogP contribution in [0.25, 0.3) is 0 Å². The average Bonchev–Trinajstić information content (AvgIpc) is 3.28. The van der Waals surface area contributed by atoms with Crippen LogP contribution in [-0.4, -0.2) is 55.2 Å². The molecule has 3 fully saturated rings. The highest BCUT2D eigenvalue weighted by atomic mass is 79.9. The molecular weight excluding hydrogens is 716 g/mol. The molecule has 0 spiro atoms. The molecule has 6 atom stereocenters. The lowest BCUT2D eigenvalue weighted by Crippen LogP contribution is -2.60. The zero-order chi connectivity index (χ0) is 32.1. The normalized spacial score (nSPS) is 31.6. The molecule has 2 aliphatic heterocycles. The maximum Gasteiger partial charge on any atom is 0.573 e. The summed E-state index contributed by atoms with van der Waals surface area (Å²) in [4.78, 5) is 52.5. The number of carbonyl (C=O) groups excluding carboxylic acids is 4. The van der Waals surface area contributed by atoms with E-state index in [0.29, 0.717) is 10.6 Å². The molecule has 2 saturated heterocycles. The highest BCUT2D eigenvalue weighted by Crippen LogP contribution is 2.66. The molecule has 6 rings (SSSR count). The van der Waals surface area contributed by atoms with E-state index in [2.05, 4.69) is 20.7 Å². The summed E-state index contributed by atoms with van der Waals surface area (Å²) in [6, 6.07) is 7.43. The Morgan fingerprint density at radius 2 is 1.75 bits per heavy atom. The molecule has 8 nitrogen and oxygen atoms in total. The van der Waals surface area contributed by atoms with Crippen LogP contribution in [-0.2, 0) is 19.2 Å².